The zero-order chi connectivity index (χ0) is 20.9. The number of amides is 1. The summed E-state index contributed by atoms with van der Waals surface area (Å²) in [5, 5.41) is 20.1. The average Bonchev–Trinajstić information content (AvgIpc) is 3.19. The Morgan fingerprint density at radius 2 is 1.97 bits per heavy atom. The fourth-order valence-electron chi connectivity index (χ4n) is 3.48. The van der Waals surface area contributed by atoms with Crippen molar-refractivity contribution in [2.24, 2.45) is 5.92 Å². The summed E-state index contributed by atoms with van der Waals surface area (Å²) in [6, 6.07) is 7.62. The van der Waals surface area contributed by atoms with Gasteiger partial charge in [-0.25, -0.2) is 8.78 Å². The molecule has 1 saturated heterocycles. The van der Waals surface area contributed by atoms with E-state index >= 15 is 0 Å². The standard InChI is InChI=1S/C20H20F2N6OS/c21-15-4-1-3-14(19(15)22)12-17(29)24-20-27-26-18(30-20)11-13-6-9-28(10-7-13)16-5-2-8-23-25-16/h1-5,8,13H,6-7,9-12H2,(H,24,27,29). The Balaban J connectivity index is 1.27. The lowest BCUT2D eigenvalue weighted by Gasteiger charge is -2.32. The van der Waals surface area contributed by atoms with Gasteiger partial charge < -0.3 is 10.2 Å². The lowest BCUT2D eigenvalue weighted by molar-refractivity contribution is -0.115. The highest BCUT2D eigenvalue weighted by atomic mass is 32.1. The number of piperidine rings is 1. The van der Waals surface area contributed by atoms with Gasteiger partial charge in [0.25, 0.3) is 0 Å². The van der Waals surface area contributed by atoms with Crippen molar-refractivity contribution in [1.82, 2.24) is 20.4 Å². The lowest BCUT2D eigenvalue weighted by Crippen LogP contribution is -2.34. The molecule has 4 rings (SSSR count). The average molecular weight is 430 g/mol. The summed E-state index contributed by atoms with van der Waals surface area (Å²) in [6.07, 6.45) is 4.21. The first-order valence-electron chi connectivity index (χ1n) is 9.66. The van der Waals surface area contributed by atoms with Gasteiger partial charge in [-0.05, 0) is 37.0 Å². The topological polar surface area (TPSA) is 83.9 Å². The molecule has 2 aromatic heterocycles. The van der Waals surface area contributed by atoms with Crippen molar-refractivity contribution in [1.29, 1.82) is 0 Å². The van der Waals surface area contributed by atoms with Crippen molar-refractivity contribution in [3.8, 4) is 0 Å². The summed E-state index contributed by atoms with van der Waals surface area (Å²) >= 11 is 1.31. The van der Waals surface area contributed by atoms with Crippen LogP contribution in [0.3, 0.4) is 0 Å². The number of benzene rings is 1. The number of nitrogens with one attached hydrogen (secondary N) is 1. The summed E-state index contributed by atoms with van der Waals surface area (Å²) in [6.45, 7) is 1.82. The van der Waals surface area contributed by atoms with E-state index in [-0.39, 0.29) is 12.0 Å². The van der Waals surface area contributed by atoms with Crippen molar-refractivity contribution in [3.05, 3.63) is 58.7 Å². The predicted molar refractivity (Wildman–Crippen MR) is 109 cm³/mol. The highest BCUT2D eigenvalue weighted by Gasteiger charge is 2.22. The Kier molecular flexibility index (Phi) is 6.22. The summed E-state index contributed by atoms with van der Waals surface area (Å²) < 4.78 is 27.0. The number of aromatic nitrogens is 4. The van der Waals surface area contributed by atoms with Gasteiger partial charge in [0.2, 0.25) is 11.0 Å². The molecule has 1 N–H and O–H groups in total. The number of rotatable bonds is 6. The first-order valence-corrected chi connectivity index (χ1v) is 10.5. The zero-order valence-electron chi connectivity index (χ0n) is 16.1. The molecule has 0 radical (unpaired) electrons. The molecule has 1 fully saturated rings. The van der Waals surface area contributed by atoms with Gasteiger partial charge in [-0.3, -0.25) is 4.79 Å². The van der Waals surface area contributed by atoms with Crippen molar-refractivity contribution < 1.29 is 13.6 Å². The number of nitrogens with zero attached hydrogens (tertiary/aromatic N) is 5. The molecule has 1 amide bonds. The van der Waals surface area contributed by atoms with Gasteiger partial charge in [0.05, 0.1) is 6.42 Å². The van der Waals surface area contributed by atoms with E-state index in [1.807, 2.05) is 12.1 Å². The van der Waals surface area contributed by atoms with Crippen molar-refractivity contribution >= 4 is 28.2 Å². The van der Waals surface area contributed by atoms with E-state index < -0.39 is 17.5 Å². The van der Waals surface area contributed by atoms with Gasteiger partial charge in [-0.15, -0.1) is 15.3 Å². The molecular formula is C20H20F2N6OS. The number of carbonyl (C=O) groups is 1. The van der Waals surface area contributed by atoms with Gasteiger partial charge in [0, 0.05) is 31.3 Å². The summed E-state index contributed by atoms with van der Waals surface area (Å²) in [5.74, 6) is -1.05. The van der Waals surface area contributed by atoms with Crippen LogP contribution in [0.25, 0.3) is 0 Å². The van der Waals surface area contributed by atoms with Crippen LogP contribution in [0.5, 0.6) is 0 Å². The molecule has 3 heterocycles. The fourth-order valence-corrected chi connectivity index (χ4v) is 4.35. The van der Waals surface area contributed by atoms with Gasteiger partial charge in [-0.1, -0.05) is 23.5 Å². The first-order chi connectivity index (χ1) is 14.6. The van der Waals surface area contributed by atoms with Crippen LogP contribution in [-0.2, 0) is 17.6 Å². The molecule has 0 atom stereocenters. The van der Waals surface area contributed by atoms with Crippen molar-refractivity contribution in [2.45, 2.75) is 25.7 Å². The number of hydrogen-bond acceptors (Lipinski definition) is 7. The molecule has 10 heteroatoms. The smallest absolute Gasteiger partial charge is 0.230 e. The van der Waals surface area contributed by atoms with Crippen LogP contribution in [0.2, 0.25) is 0 Å². The Bertz CT molecular complexity index is 1010. The SMILES string of the molecule is O=C(Cc1cccc(F)c1F)Nc1nnc(CC2CCN(c3cccnn3)CC2)s1. The molecule has 1 aliphatic rings. The molecule has 0 aliphatic carbocycles. The second-order valence-electron chi connectivity index (χ2n) is 7.16. The second-order valence-corrected chi connectivity index (χ2v) is 8.22. The molecule has 0 bridgehead atoms. The van der Waals surface area contributed by atoms with Crippen LogP contribution < -0.4 is 10.2 Å². The minimum Gasteiger partial charge on any atom is -0.355 e. The van der Waals surface area contributed by atoms with Crippen molar-refractivity contribution in [2.75, 3.05) is 23.3 Å². The number of halogens is 2. The second kappa shape index (κ2) is 9.21. The quantitative estimate of drug-likeness (QED) is 0.646. The van der Waals surface area contributed by atoms with E-state index in [0.717, 1.165) is 49.2 Å². The molecule has 0 saturated carbocycles. The van der Waals surface area contributed by atoms with Gasteiger partial charge in [-0.2, -0.15) is 5.10 Å². The van der Waals surface area contributed by atoms with E-state index in [4.69, 9.17) is 0 Å². The van der Waals surface area contributed by atoms with Crippen LogP contribution in [0.1, 0.15) is 23.4 Å². The maximum Gasteiger partial charge on any atom is 0.230 e. The molecule has 1 aliphatic heterocycles. The Morgan fingerprint density at radius 1 is 1.13 bits per heavy atom. The zero-order valence-corrected chi connectivity index (χ0v) is 16.9. The molecule has 156 valence electrons. The Morgan fingerprint density at radius 3 is 2.73 bits per heavy atom. The monoisotopic (exact) mass is 430 g/mol. The van der Waals surface area contributed by atoms with E-state index in [9.17, 15) is 13.6 Å². The van der Waals surface area contributed by atoms with Crippen LogP contribution in [0.4, 0.5) is 19.7 Å². The maximum absolute atomic E-state index is 13.7. The lowest BCUT2D eigenvalue weighted by atomic mass is 9.94. The molecule has 30 heavy (non-hydrogen) atoms. The Hall–Kier alpha value is -3.01. The minimum atomic E-state index is -1.00. The molecular weight excluding hydrogens is 410 g/mol. The van der Waals surface area contributed by atoms with Crippen LogP contribution in [-0.4, -0.2) is 39.4 Å². The Labute approximate surface area is 176 Å². The third-order valence-corrected chi connectivity index (χ3v) is 5.92. The highest BCUT2D eigenvalue weighted by Crippen LogP contribution is 2.26. The molecule has 7 nitrogen and oxygen atoms in total. The third kappa shape index (κ3) is 4.93. The van der Waals surface area contributed by atoms with Gasteiger partial charge in [0.1, 0.15) is 5.01 Å². The summed E-state index contributed by atoms with van der Waals surface area (Å²) in [7, 11) is 0. The number of carbonyl (C=O) groups excluding carboxylic acids is 1. The largest absolute Gasteiger partial charge is 0.355 e. The fraction of sp³-hybridized carbons (Fsp3) is 0.350. The normalized spacial score (nSPS) is 14.7. The van der Waals surface area contributed by atoms with Gasteiger partial charge >= 0.3 is 0 Å². The van der Waals surface area contributed by atoms with E-state index in [1.54, 1.807) is 6.20 Å². The van der Waals surface area contributed by atoms with E-state index in [2.05, 4.69) is 30.6 Å². The van der Waals surface area contributed by atoms with Crippen LogP contribution in [0.15, 0.2) is 36.5 Å². The molecule has 3 aromatic rings. The highest BCUT2D eigenvalue weighted by molar-refractivity contribution is 7.15. The number of hydrogen-bond donors (Lipinski definition) is 1. The molecule has 1 aromatic carbocycles. The number of anilines is 2. The van der Waals surface area contributed by atoms with Crippen LogP contribution >= 0.6 is 11.3 Å². The third-order valence-electron chi connectivity index (χ3n) is 5.06. The molecule has 0 unspecified atom stereocenters. The van der Waals surface area contributed by atoms with E-state index in [1.165, 1.54) is 23.5 Å². The summed E-state index contributed by atoms with van der Waals surface area (Å²) in [4.78, 5) is 14.4. The van der Waals surface area contributed by atoms with E-state index in [0.29, 0.717) is 11.0 Å². The summed E-state index contributed by atoms with van der Waals surface area (Å²) in [5.41, 5.74) is 0.00658. The van der Waals surface area contributed by atoms with Crippen molar-refractivity contribution in [3.63, 3.8) is 0 Å². The van der Waals surface area contributed by atoms with Crippen LogP contribution in [0, 0.1) is 17.6 Å². The minimum absolute atomic E-state index is 0.00658. The predicted octanol–water partition coefficient (Wildman–Crippen LogP) is 3.25. The maximum atomic E-state index is 13.7. The molecule has 0 spiro atoms. The first kappa shape index (κ1) is 20.3. The van der Waals surface area contributed by atoms with Gasteiger partial charge in [0.15, 0.2) is 17.5 Å².